The Morgan fingerprint density at radius 3 is 2.59 bits per heavy atom. The Hall–Kier alpha value is -2.97. The van der Waals surface area contributed by atoms with E-state index in [0.29, 0.717) is 6.54 Å². The van der Waals surface area contributed by atoms with Crippen LogP contribution in [0.4, 0.5) is 5.82 Å². The van der Waals surface area contributed by atoms with Gasteiger partial charge in [-0.05, 0) is 29.0 Å². The Balaban J connectivity index is 1.74. The summed E-state index contributed by atoms with van der Waals surface area (Å²) in [4.78, 5) is 41.2. The van der Waals surface area contributed by atoms with Gasteiger partial charge < -0.3 is 5.73 Å². The second-order valence-corrected chi connectivity index (χ2v) is 8.22. The Kier molecular flexibility index (Phi) is 4.97. The maximum Gasteiger partial charge on any atom is 0.332 e. The second kappa shape index (κ2) is 7.46. The number of nitrogens with zero attached hydrogens (tertiary/aromatic N) is 3. The maximum atomic E-state index is 13.1. The number of aromatic nitrogens is 2. The van der Waals surface area contributed by atoms with Crippen LogP contribution in [0.15, 0.2) is 51.4 Å². The molecule has 150 valence electrons. The Bertz CT molecular complexity index is 1190. The van der Waals surface area contributed by atoms with Crippen molar-refractivity contribution in [1.82, 2.24) is 14.0 Å². The van der Waals surface area contributed by atoms with Gasteiger partial charge in [0.25, 0.3) is 5.56 Å². The first-order valence-electron chi connectivity index (χ1n) is 9.34. The number of ketones is 1. The molecule has 0 aliphatic carbocycles. The number of rotatable bonds is 4. The van der Waals surface area contributed by atoms with Crippen LogP contribution in [0.2, 0.25) is 0 Å². The molecule has 3 heterocycles. The highest BCUT2D eigenvalue weighted by Crippen LogP contribution is 2.37. The van der Waals surface area contributed by atoms with Crippen LogP contribution in [0.5, 0.6) is 0 Å². The lowest BCUT2D eigenvalue weighted by Crippen LogP contribution is -2.44. The SMILES string of the molecule is Cn1c(N)c(C(=O)CN2CCc3sccc3[C@@H]2c2ccccc2)c(=O)n(C)c1=O. The van der Waals surface area contributed by atoms with Crippen molar-refractivity contribution in [2.75, 3.05) is 18.8 Å². The molecule has 1 aromatic carbocycles. The first-order chi connectivity index (χ1) is 13.9. The van der Waals surface area contributed by atoms with E-state index in [4.69, 9.17) is 5.73 Å². The van der Waals surface area contributed by atoms with Gasteiger partial charge in [0, 0.05) is 25.5 Å². The molecule has 2 N–H and O–H groups in total. The number of anilines is 1. The Labute approximate surface area is 171 Å². The Morgan fingerprint density at radius 1 is 1.14 bits per heavy atom. The summed E-state index contributed by atoms with van der Waals surface area (Å²) in [6, 6.07) is 12.1. The highest BCUT2D eigenvalue weighted by molar-refractivity contribution is 7.10. The van der Waals surface area contributed by atoms with Crippen LogP contribution >= 0.6 is 11.3 Å². The molecule has 7 nitrogen and oxygen atoms in total. The van der Waals surface area contributed by atoms with Crippen LogP contribution in [0.25, 0.3) is 0 Å². The topological polar surface area (TPSA) is 90.3 Å². The van der Waals surface area contributed by atoms with E-state index >= 15 is 0 Å². The molecule has 0 radical (unpaired) electrons. The fourth-order valence-corrected chi connectivity index (χ4v) is 4.85. The van der Waals surface area contributed by atoms with Crippen molar-refractivity contribution < 1.29 is 4.79 Å². The average Bonchev–Trinajstić information content (AvgIpc) is 3.20. The van der Waals surface area contributed by atoms with E-state index in [2.05, 4.69) is 28.5 Å². The molecular formula is C21H22N4O3S. The number of carbonyl (C=O) groups excluding carboxylic acids is 1. The van der Waals surface area contributed by atoms with E-state index in [1.165, 1.54) is 24.5 Å². The molecule has 0 unspecified atom stereocenters. The van der Waals surface area contributed by atoms with E-state index in [1.54, 1.807) is 11.3 Å². The van der Waals surface area contributed by atoms with E-state index in [1.807, 2.05) is 18.2 Å². The molecule has 8 heteroatoms. The van der Waals surface area contributed by atoms with Crippen LogP contribution in [-0.2, 0) is 20.5 Å². The number of hydrogen-bond acceptors (Lipinski definition) is 6. The van der Waals surface area contributed by atoms with Gasteiger partial charge in [0.1, 0.15) is 11.4 Å². The van der Waals surface area contributed by atoms with Crippen molar-refractivity contribution in [2.45, 2.75) is 12.5 Å². The zero-order valence-electron chi connectivity index (χ0n) is 16.3. The normalized spacial score (nSPS) is 16.6. The minimum absolute atomic E-state index is 0.0481. The van der Waals surface area contributed by atoms with Crippen molar-refractivity contribution >= 4 is 22.9 Å². The standard InChI is InChI=1S/C21H22N4O3S/c1-23-19(22)17(20(27)24(2)21(23)28)15(26)12-25-10-8-16-14(9-11-29-16)18(25)13-6-4-3-5-7-13/h3-7,9,11,18H,8,10,12,22H2,1-2H3/t18-/m0/s1. The highest BCUT2D eigenvalue weighted by atomic mass is 32.1. The summed E-state index contributed by atoms with van der Waals surface area (Å²) in [7, 11) is 2.81. The number of thiophene rings is 1. The molecular weight excluding hydrogens is 388 g/mol. The van der Waals surface area contributed by atoms with Crippen molar-refractivity contribution in [1.29, 1.82) is 0 Å². The van der Waals surface area contributed by atoms with E-state index < -0.39 is 11.2 Å². The lowest BCUT2D eigenvalue weighted by atomic mass is 9.93. The minimum atomic E-state index is -0.653. The molecule has 0 fully saturated rings. The summed E-state index contributed by atoms with van der Waals surface area (Å²) < 4.78 is 2.06. The van der Waals surface area contributed by atoms with Gasteiger partial charge in [0.15, 0.2) is 5.78 Å². The molecule has 3 aromatic rings. The summed E-state index contributed by atoms with van der Waals surface area (Å²) >= 11 is 1.73. The van der Waals surface area contributed by atoms with Crippen LogP contribution < -0.4 is 17.0 Å². The van der Waals surface area contributed by atoms with Crippen molar-refractivity contribution in [2.24, 2.45) is 14.1 Å². The predicted octanol–water partition coefficient (Wildman–Crippen LogP) is 1.56. The van der Waals surface area contributed by atoms with Crippen molar-refractivity contribution in [3.8, 4) is 0 Å². The molecule has 1 atom stereocenters. The molecule has 29 heavy (non-hydrogen) atoms. The van der Waals surface area contributed by atoms with Crippen molar-refractivity contribution in [3.63, 3.8) is 0 Å². The lowest BCUT2D eigenvalue weighted by molar-refractivity contribution is 0.0900. The summed E-state index contributed by atoms with van der Waals surface area (Å²) in [6.07, 6.45) is 0.852. The molecule has 0 spiro atoms. The summed E-state index contributed by atoms with van der Waals surface area (Å²) in [5.74, 6) is -0.467. The average molecular weight is 410 g/mol. The number of nitrogens with two attached hydrogens (primary N) is 1. The fraction of sp³-hybridized carbons (Fsp3) is 0.286. The fourth-order valence-electron chi connectivity index (χ4n) is 3.95. The quantitative estimate of drug-likeness (QED) is 0.659. The smallest absolute Gasteiger partial charge is 0.332 e. The number of Topliss-reactive ketones (excluding diaryl/α,β-unsaturated/α-hetero) is 1. The third-order valence-electron chi connectivity index (χ3n) is 5.52. The monoisotopic (exact) mass is 410 g/mol. The molecule has 1 aliphatic heterocycles. The first kappa shape index (κ1) is 19.4. The van der Waals surface area contributed by atoms with Crippen LogP contribution in [0.1, 0.15) is 32.4 Å². The lowest BCUT2D eigenvalue weighted by Gasteiger charge is -2.35. The van der Waals surface area contributed by atoms with Gasteiger partial charge in [-0.15, -0.1) is 11.3 Å². The molecule has 1 aliphatic rings. The van der Waals surface area contributed by atoms with Crippen LogP contribution in [0, 0.1) is 0 Å². The zero-order chi connectivity index (χ0) is 20.7. The van der Waals surface area contributed by atoms with Gasteiger partial charge in [-0.1, -0.05) is 30.3 Å². The van der Waals surface area contributed by atoms with E-state index in [0.717, 1.165) is 21.1 Å². The zero-order valence-corrected chi connectivity index (χ0v) is 17.1. The minimum Gasteiger partial charge on any atom is -0.384 e. The molecule has 0 saturated carbocycles. The van der Waals surface area contributed by atoms with Gasteiger partial charge in [-0.2, -0.15) is 0 Å². The van der Waals surface area contributed by atoms with E-state index in [-0.39, 0.29) is 29.8 Å². The number of carbonyl (C=O) groups is 1. The molecule has 4 rings (SSSR count). The Morgan fingerprint density at radius 2 is 1.86 bits per heavy atom. The molecule has 0 bridgehead atoms. The van der Waals surface area contributed by atoms with Crippen LogP contribution in [-0.4, -0.2) is 32.9 Å². The number of nitrogen functional groups attached to an aromatic ring is 1. The summed E-state index contributed by atoms with van der Waals surface area (Å²) in [5.41, 5.74) is 6.94. The van der Waals surface area contributed by atoms with E-state index in [9.17, 15) is 14.4 Å². The maximum absolute atomic E-state index is 13.1. The van der Waals surface area contributed by atoms with Gasteiger partial charge in [0.2, 0.25) is 0 Å². The van der Waals surface area contributed by atoms with Gasteiger partial charge in [-0.3, -0.25) is 23.6 Å². The first-order valence-corrected chi connectivity index (χ1v) is 10.2. The summed E-state index contributed by atoms with van der Waals surface area (Å²) in [5, 5.41) is 2.08. The third kappa shape index (κ3) is 3.24. The largest absolute Gasteiger partial charge is 0.384 e. The van der Waals surface area contributed by atoms with Gasteiger partial charge in [0.05, 0.1) is 12.6 Å². The number of benzene rings is 1. The van der Waals surface area contributed by atoms with Crippen molar-refractivity contribution in [3.05, 3.63) is 84.2 Å². The van der Waals surface area contributed by atoms with Gasteiger partial charge >= 0.3 is 5.69 Å². The molecule has 2 aromatic heterocycles. The third-order valence-corrected chi connectivity index (χ3v) is 6.51. The number of hydrogen-bond donors (Lipinski definition) is 1. The molecule has 0 saturated heterocycles. The van der Waals surface area contributed by atoms with Crippen LogP contribution in [0.3, 0.4) is 0 Å². The summed E-state index contributed by atoms with van der Waals surface area (Å²) in [6.45, 7) is 0.747. The second-order valence-electron chi connectivity index (χ2n) is 7.22. The number of fused-ring (bicyclic) bond motifs is 1. The van der Waals surface area contributed by atoms with Gasteiger partial charge in [-0.25, -0.2) is 4.79 Å². The predicted molar refractivity (Wildman–Crippen MR) is 114 cm³/mol. The molecule has 0 amide bonds. The highest BCUT2D eigenvalue weighted by Gasteiger charge is 2.32.